The van der Waals surface area contributed by atoms with Crippen molar-refractivity contribution in [3.8, 4) is 0 Å². The highest BCUT2D eigenvalue weighted by atomic mass is 32.1. The number of thiazole rings is 1. The maximum absolute atomic E-state index is 13.3. The summed E-state index contributed by atoms with van der Waals surface area (Å²) in [5.74, 6) is 2.84. The van der Waals surface area contributed by atoms with E-state index in [1.54, 1.807) is 11.3 Å². The lowest BCUT2D eigenvalue weighted by Crippen LogP contribution is -2.47. The molecule has 0 N–H and O–H groups in total. The predicted molar refractivity (Wildman–Crippen MR) is 115 cm³/mol. The van der Waals surface area contributed by atoms with Gasteiger partial charge in [0.1, 0.15) is 5.01 Å². The van der Waals surface area contributed by atoms with Crippen LogP contribution in [0.3, 0.4) is 0 Å². The van der Waals surface area contributed by atoms with Crippen LogP contribution in [0.25, 0.3) is 0 Å². The molecule has 1 aliphatic carbocycles. The predicted octanol–water partition coefficient (Wildman–Crippen LogP) is 3.16. The number of aromatic nitrogens is 2. The maximum atomic E-state index is 13.3. The van der Waals surface area contributed by atoms with Crippen LogP contribution < -0.4 is 5.56 Å². The van der Waals surface area contributed by atoms with Crippen molar-refractivity contribution in [1.29, 1.82) is 0 Å². The van der Waals surface area contributed by atoms with Crippen LogP contribution in [-0.2, 0) is 19.6 Å². The van der Waals surface area contributed by atoms with Crippen LogP contribution in [0.15, 0.2) is 28.5 Å². The molecule has 5 heterocycles. The largest absolute Gasteiger partial charge is 0.312 e. The Morgan fingerprint density at radius 2 is 1.83 bits per heavy atom. The van der Waals surface area contributed by atoms with Gasteiger partial charge in [0.05, 0.1) is 6.54 Å². The van der Waals surface area contributed by atoms with Crippen LogP contribution >= 0.6 is 11.3 Å². The Balaban J connectivity index is 1.20. The van der Waals surface area contributed by atoms with Gasteiger partial charge in [-0.15, -0.1) is 11.3 Å². The first-order chi connectivity index (χ1) is 14.2. The topological polar surface area (TPSA) is 41.4 Å². The van der Waals surface area contributed by atoms with Crippen LogP contribution in [0.4, 0.5) is 0 Å². The van der Waals surface area contributed by atoms with E-state index in [1.165, 1.54) is 49.5 Å². The summed E-state index contributed by atoms with van der Waals surface area (Å²) >= 11 is 1.74. The van der Waals surface area contributed by atoms with Gasteiger partial charge in [0.15, 0.2) is 0 Å². The second-order valence-electron chi connectivity index (χ2n) is 9.76. The number of likely N-dealkylation sites (tertiary alicyclic amines) is 2. The minimum absolute atomic E-state index is 0.280. The maximum Gasteiger partial charge on any atom is 0.255 e. The van der Waals surface area contributed by atoms with Gasteiger partial charge in [0.2, 0.25) is 0 Å². The highest BCUT2D eigenvalue weighted by Gasteiger charge is 2.37. The number of hydrogen-bond acceptors (Lipinski definition) is 5. The summed E-state index contributed by atoms with van der Waals surface area (Å²) in [5.41, 5.74) is 2.55. The van der Waals surface area contributed by atoms with Crippen molar-refractivity contribution in [3.05, 3.63) is 50.3 Å². The minimum Gasteiger partial charge on any atom is -0.312 e. The van der Waals surface area contributed by atoms with Gasteiger partial charge in [-0.05, 0) is 43.1 Å². The third kappa shape index (κ3) is 3.39. The highest BCUT2D eigenvalue weighted by Crippen LogP contribution is 2.39. The lowest BCUT2D eigenvalue weighted by molar-refractivity contribution is 0.114. The van der Waals surface area contributed by atoms with Gasteiger partial charge in [-0.25, -0.2) is 4.98 Å². The Kier molecular flexibility index (Phi) is 4.62. The minimum atomic E-state index is 0.280. The molecule has 0 radical (unpaired) electrons. The van der Waals surface area contributed by atoms with Gasteiger partial charge in [0, 0.05) is 68.0 Å². The van der Waals surface area contributed by atoms with Gasteiger partial charge >= 0.3 is 0 Å². The van der Waals surface area contributed by atoms with Gasteiger partial charge in [0.25, 0.3) is 5.56 Å². The Morgan fingerprint density at radius 3 is 2.62 bits per heavy atom. The molecule has 0 amide bonds. The molecule has 2 aromatic heterocycles. The lowest BCUT2D eigenvalue weighted by Gasteiger charge is -2.42. The third-order valence-corrected chi connectivity index (χ3v) is 8.56. The lowest BCUT2D eigenvalue weighted by atomic mass is 9.83. The Bertz CT molecular complexity index is 927. The van der Waals surface area contributed by atoms with Crippen LogP contribution in [0.5, 0.6) is 0 Å². The molecule has 0 spiro atoms. The molecule has 4 atom stereocenters. The standard InChI is InChI=1S/C23H30N4OS/c28-23-19(13-26-11-17-2-1-3-18(17)12-26)4-5-21-20-8-16(10-27(21)23)9-25(14-20)15-22-24-6-7-29-22/h4-7,16-18,20H,1-3,8-15H2/t16-,17-,18+,20+/m0/s1. The molecule has 6 heteroatoms. The first kappa shape index (κ1) is 18.3. The van der Waals surface area contributed by atoms with E-state index in [4.69, 9.17) is 0 Å². The van der Waals surface area contributed by atoms with E-state index in [1.807, 2.05) is 6.20 Å². The normalized spacial score (nSPS) is 31.7. The molecule has 2 saturated heterocycles. The van der Waals surface area contributed by atoms with Crippen LogP contribution in [-0.4, -0.2) is 45.5 Å². The van der Waals surface area contributed by atoms with Crippen molar-refractivity contribution in [1.82, 2.24) is 19.4 Å². The van der Waals surface area contributed by atoms with E-state index in [0.29, 0.717) is 11.8 Å². The molecule has 3 aliphatic heterocycles. The van der Waals surface area contributed by atoms with Gasteiger partial charge < -0.3 is 4.57 Å². The monoisotopic (exact) mass is 410 g/mol. The zero-order valence-corrected chi connectivity index (χ0v) is 17.8. The number of fused-ring (bicyclic) bond motifs is 5. The number of nitrogens with zero attached hydrogens (tertiary/aromatic N) is 4. The van der Waals surface area contributed by atoms with E-state index >= 15 is 0 Å². The SMILES string of the molecule is O=c1c(CN2C[C@H]3CCC[C@H]3C2)ccc2n1C[C@H]1C[C@@H]2CN(Cc2nccs2)C1. The van der Waals surface area contributed by atoms with Gasteiger partial charge in [-0.3, -0.25) is 14.6 Å². The molecule has 2 aromatic rings. The summed E-state index contributed by atoms with van der Waals surface area (Å²) in [6.07, 6.45) is 7.32. The van der Waals surface area contributed by atoms with E-state index < -0.39 is 0 Å². The average Bonchev–Trinajstić information content (AvgIpc) is 3.42. The Hall–Kier alpha value is -1.50. The van der Waals surface area contributed by atoms with E-state index in [0.717, 1.165) is 50.1 Å². The molecule has 154 valence electrons. The van der Waals surface area contributed by atoms with Crippen molar-refractivity contribution in [2.75, 3.05) is 26.2 Å². The number of piperidine rings is 1. The fraction of sp³-hybridized carbons (Fsp3) is 0.652. The summed E-state index contributed by atoms with van der Waals surface area (Å²) < 4.78 is 2.13. The van der Waals surface area contributed by atoms with Crippen molar-refractivity contribution in [2.24, 2.45) is 17.8 Å². The number of pyridine rings is 1. The van der Waals surface area contributed by atoms with E-state index in [2.05, 4.69) is 36.9 Å². The first-order valence-electron chi connectivity index (χ1n) is 11.3. The van der Waals surface area contributed by atoms with Crippen molar-refractivity contribution in [3.63, 3.8) is 0 Å². The zero-order valence-electron chi connectivity index (χ0n) is 17.0. The summed E-state index contributed by atoms with van der Waals surface area (Å²) in [6.45, 7) is 7.21. The molecule has 0 aromatic carbocycles. The van der Waals surface area contributed by atoms with Crippen molar-refractivity contribution < 1.29 is 0 Å². The Labute approximate surface area is 176 Å². The van der Waals surface area contributed by atoms with Crippen LogP contribution in [0.1, 0.15) is 47.9 Å². The van der Waals surface area contributed by atoms with Gasteiger partial charge in [-0.1, -0.05) is 12.5 Å². The molecule has 1 saturated carbocycles. The fourth-order valence-corrected chi connectivity index (χ4v) is 7.22. The van der Waals surface area contributed by atoms with Crippen molar-refractivity contribution in [2.45, 2.75) is 51.2 Å². The van der Waals surface area contributed by atoms with Crippen LogP contribution in [0.2, 0.25) is 0 Å². The van der Waals surface area contributed by atoms with Crippen LogP contribution in [0, 0.1) is 17.8 Å². The average molecular weight is 411 g/mol. The molecule has 29 heavy (non-hydrogen) atoms. The summed E-state index contributed by atoms with van der Waals surface area (Å²) in [5, 5.41) is 3.26. The molecular weight excluding hydrogens is 380 g/mol. The molecule has 2 bridgehead atoms. The molecule has 4 aliphatic rings. The van der Waals surface area contributed by atoms with E-state index in [9.17, 15) is 4.79 Å². The number of hydrogen-bond donors (Lipinski definition) is 0. The molecule has 3 fully saturated rings. The summed E-state index contributed by atoms with van der Waals surface area (Å²) in [4.78, 5) is 22.9. The highest BCUT2D eigenvalue weighted by molar-refractivity contribution is 7.09. The molecule has 6 rings (SSSR count). The molecule has 0 unspecified atom stereocenters. The quantitative estimate of drug-likeness (QED) is 0.777. The Morgan fingerprint density at radius 1 is 1.00 bits per heavy atom. The fourth-order valence-electron chi connectivity index (χ4n) is 6.56. The second kappa shape index (κ2) is 7.33. The van der Waals surface area contributed by atoms with E-state index in [-0.39, 0.29) is 5.56 Å². The summed E-state index contributed by atoms with van der Waals surface area (Å²) in [7, 11) is 0. The summed E-state index contributed by atoms with van der Waals surface area (Å²) in [6, 6.07) is 4.41. The molecular formula is C23H30N4OS. The third-order valence-electron chi connectivity index (χ3n) is 7.80. The number of rotatable bonds is 4. The van der Waals surface area contributed by atoms with Gasteiger partial charge in [-0.2, -0.15) is 0 Å². The second-order valence-corrected chi connectivity index (χ2v) is 10.7. The zero-order chi connectivity index (χ0) is 19.4. The molecule has 5 nitrogen and oxygen atoms in total. The first-order valence-corrected chi connectivity index (χ1v) is 12.2. The smallest absolute Gasteiger partial charge is 0.255 e. The van der Waals surface area contributed by atoms with Crippen molar-refractivity contribution >= 4 is 11.3 Å².